The van der Waals surface area contributed by atoms with Crippen molar-refractivity contribution in [2.75, 3.05) is 6.61 Å². The van der Waals surface area contributed by atoms with Crippen molar-refractivity contribution in [3.8, 4) is 0 Å². The van der Waals surface area contributed by atoms with E-state index in [4.69, 9.17) is 11.0 Å². The van der Waals surface area contributed by atoms with Gasteiger partial charge in [-0.2, -0.15) is 0 Å². The van der Waals surface area contributed by atoms with E-state index in [9.17, 15) is 0 Å². The quantitative estimate of drug-likeness (QED) is 0.594. The summed E-state index contributed by atoms with van der Waals surface area (Å²) in [5.41, 5.74) is -0.271. The highest BCUT2D eigenvalue weighted by atomic mass is 28.4. The third-order valence-electron chi connectivity index (χ3n) is 5.04. The second-order valence-electron chi connectivity index (χ2n) is 7.79. The van der Waals surface area contributed by atoms with E-state index in [2.05, 4.69) is 86.3 Å². The number of nitrogens with zero attached hydrogens (tertiary/aromatic N) is 1. The van der Waals surface area contributed by atoms with Crippen LogP contribution in [0.4, 0.5) is 0 Å². The highest BCUT2D eigenvalue weighted by Gasteiger charge is 2.56. The minimum Gasteiger partial charge on any atom is -0.399 e. The van der Waals surface area contributed by atoms with E-state index in [0.717, 1.165) is 12.8 Å². The van der Waals surface area contributed by atoms with E-state index in [1.54, 1.807) is 0 Å². The maximum Gasteiger partial charge on any atom is 0.261 e. The number of hydrogen-bond acceptors (Lipinski definition) is 1. The molecule has 3 heteroatoms. The van der Waals surface area contributed by atoms with E-state index in [0.29, 0.717) is 6.61 Å². The monoisotopic (exact) mass is 335 g/mol. The molecule has 3 rings (SSSR count). The van der Waals surface area contributed by atoms with Crippen LogP contribution in [0.1, 0.15) is 33.6 Å². The third-order valence-corrected chi connectivity index (χ3v) is 10.0. The molecule has 124 valence electrons. The zero-order chi connectivity index (χ0) is 17.3. The Morgan fingerprint density at radius 2 is 1.42 bits per heavy atom. The van der Waals surface area contributed by atoms with Gasteiger partial charge in [0.25, 0.3) is 13.9 Å². The van der Waals surface area contributed by atoms with Crippen molar-refractivity contribution in [3.63, 3.8) is 0 Å². The van der Waals surface area contributed by atoms with E-state index < -0.39 is 8.32 Å². The Kier molecular flexibility index (Phi) is 4.38. The first-order valence-corrected chi connectivity index (χ1v) is 10.5. The van der Waals surface area contributed by atoms with E-state index >= 15 is 0 Å². The summed E-state index contributed by atoms with van der Waals surface area (Å²) in [6.07, 6.45) is 1.93. The Balaban J connectivity index is 2.12. The van der Waals surface area contributed by atoms with Crippen molar-refractivity contribution in [1.29, 1.82) is 0 Å². The minimum absolute atomic E-state index is 0.0200. The molecule has 24 heavy (non-hydrogen) atoms. The summed E-state index contributed by atoms with van der Waals surface area (Å²) in [6, 6.07) is 21.3. The van der Waals surface area contributed by atoms with Crippen LogP contribution in [0, 0.1) is 6.57 Å². The lowest BCUT2D eigenvalue weighted by atomic mass is 10.2. The predicted molar refractivity (Wildman–Crippen MR) is 102 cm³/mol. The zero-order valence-electron chi connectivity index (χ0n) is 14.8. The highest BCUT2D eigenvalue weighted by molar-refractivity contribution is 6.99. The van der Waals surface area contributed by atoms with Crippen LogP contribution in [0.5, 0.6) is 0 Å². The summed E-state index contributed by atoms with van der Waals surface area (Å²) >= 11 is 0. The van der Waals surface area contributed by atoms with Gasteiger partial charge in [-0.25, -0.2) is 6.57 Å². The molecule has 1 aliphatic carbocycles. The minimum atomic E-state index is -2.48. The van der Waals surface area contributed by atoms with Crippen LogP contribution in [-0.2, 0) is 4.43 Å². The van der Waals surface area contributed by atoms with E-state index in [1.165, 1.54) is 10.4 Å². The smallest absolute Gasteiger partial charge is 0.261 e. The number of hydrogen-bond donors (Lipinski definition) is 0. The molecule has 0 amide bonds. The zero-order valence-corrected chi connectivity index (χ0v) is 15.8. The molecule has 0 aromatic heterocycles. The molecule has 0 aliphatic heterocycles. The average molecular weight is 336 g/mol. The second-order valence-corrected chi connectivity index (χ2v) is 12.1. The molecule has 0 spiro atoms. The van der Waals surface area contributed by atoms with Gasteiger partial charge in [0.15, 0.2) is 0 Å². The molecule has 0 unspecified atom stereocenters. The number of benzene rings is 2. The Morgan fingerprint density at radius 1 is 0.958 bits per heavy atom. The van der Waals surface area contributed by atoms with Gasteiger partial charge in [-0.3, -0.25) is 0 Å². The van der Waals surface area contributed by atoms with Crippen molar-refractivity contribution in [1.82, 2.24) is 0 Å². The van der Waals surface area contributed by atoms with Gasteiger partial charge in [-0.15, -0.1) is 0 Å². The van der Waals surface area contributed by atoms with Crippen molar-refractivity contribution in [2.45, 2.75) is 44.2 Å². The van der Waals surface area contributed by atoms with Crippen LogP contribution in [0.25, 0.3) is 4.85 Å². The molecule has 2 aromatic carbocycles. The van der Waals surface area contributed by atoms with Crippen molar-refractivity contribution >= 4 is 18.7 Å². The molecule has 0 atom stereocenters. The molecule has 1 saturated carbocycles. The van der Waals surface area contributed by atoms with Crippen molar-refractivity contribution in [2.24, 2.45) is 0 Å². The van der Waals surface area contributed by atoms with Crippen LogP contribution >= 0.6 is 0 Å². The molecular weight excluding hydrogens is 310 g/mol. The predicted octanol–water partition coefficient (Wildman–Crippen LogP) is 4.01. The first kappa shape index (κ1) is 16.9. The van der Waals surface area contributed by atoms with Gasteiger partial charge in [0.2, 0.25) is 0 Å². The maximum absolute atomic E-state index is 7.50. The molecule has 0 bridgehead atoms. The van der Waals surface area contributed by atoms with Gasteiger partial charge in [0, 0.05) is 12.8 Å². The van der Waals surface area contributed by atoms with E-state index in [-0.39, 0.29) is 10.6 Å². The highest BCUT2D eigenvalue weighted by Crippen LogP contribution is 2.43. The first-order chi connectivity index (χ1) is 11.4. The summed E-state index contributed by atoms with van der Waals surface area (Å²) in [5.74, 6) is 0. The molecule has 0 saturated heterocycles. The van der Waals surface area contributed by atoms with Crippen LogP contribution in [0.2, 0.25) is 5.04 Å². The molecule has 2 aromatic rings. The Hall–Kier alpha value is -1.89. The summed E-state index contributed by atoms with van der Waals surface area (Å²) < 4.78 is 6.81. The van der Waals surface area contributed by atoms with Gasteiger partial charge in [0.05, 0.1) is 0 Å². The lowest BCUT2D eigenvalue weighted by Crippen LogP contribution is -2.67. The van der Waals surface area contributed by atoms with Crippen molar-refractivity contribution in [3.05, 3.63) is 72.1 Å². The molecule has 1 aliphatic rings. The van der Waals surface area contributed by atoms with Crippen LogP contribution < -0.4 is 10.4 Å². The standard InChI is InChI=1S/C21H25NOSi/c1-20(2,3)24(18-11-7-5-8-12-18,19-13-9-6-10-14-19)23-17-21(22-4)15-16-21/h5-14H,15-17H2,1-3H3. The fourth-order valence-electron chi connectivity index (χ4n) is 3.44. The third kappa shape index (κ3) is 2.92. The molecule has 0 heterocycles. The van der Waals surface area contributed by atoms with Gasteiger partial charge in [-0.1, -0.05) is 81.4 Å². The lowest BCUT2D eigenvalue weighted by molar-refractivity contribution is 0.278. The summed E-state index contributed by atoms with van der Waals surface area (Å²) in [5, 5.41) is 2.54. The number of rotatable bonds is 5. The lowest BCUT2D eigenvalue weighted by Gasteiger charge is -2.43. The van der Waals surface area contributed by atoms with Crippen LogP contribution in [-0.4, -0.2) is 20.5 Å². The van der Waals surface area contributed by atoms with E-state index in [1.807, 2.05) is 0 Å². The van der Waals surface area contributed by atoms with Crippen LogP contribution in [0.3, 0.4) is 0 Å². The van der Waals surface area contributed by atoms with Crippen LogP contribution in [0.15, 0.2) is 60.7 Å². The summed E-state index contributed by atoms with van der Waals surface area (Å²) in [4.78, 5) is 3.85. The normalized spacial score (nSPS) is 16.4. The van der Waals surface area contributed by atoms with Crippen molar-refractivity contribution < 1.29 is 4.43 Å². The second kappa shape index (κ2) is 6.20. The topological polar surface area (TPSA) is 13.6 Å². The van der Waals surface area contributed by atoms with Gasteiger partial charge >= 0.3 is 0 Å². The Labute approximate surface area is 146 Å². The van der Waals surface area contributed by atoms with Gasteiger partial charge in [0.1, 0.15) is 6.61 Å². The summed E-state index contributed by atoms with van der Waals surface area (Å²) in [6.45, 7) is 14.9. The largest absolute Gasteiger partial charge is 0.399 e. The molecule has 2 nitrogen and oxygen atoms in total. The molecule has 0 radical (unpaired) electrons. The molecular formula is C21H25NOSi. The average Bonchev–Trinajstić information content (AvgIpc) is 3.37. The first-order valence-electron chi connectivity index (χ1n) is 8.57. The SMILES string of the molecule is [C-]#[N+]C1(CO[Si](c2ccccc2)(c2ccccc2)C(C)(C)C)CC1. The fourth-order valence-corrected chi connectivity index (χ4v) is 8.08. The summed E-state index contributed by atoms with van der Waals surface area (Å²) in [7, 11) is -2.48. The maximum atomic E-state index is 7.50. The molecule has 1 fully saturated rings. The Bertz CT molecular complexity index is 684. The van der Waals surface area contributed by atoms with Gasteiger partial charge in [-0.05, 0) is 15.4 Å². The Morgan fingerprint density at radius 3 is 1.75 bits per heavy atom. The van der Waals surface area contributed by atoms with Gasteiger partial charge < -0.3 is 9.27 Å². The fraction of sp³-hybridized carbons (Fsp3) is 0.381. The molecule has 0 N–H and O–H groups in total.